The van der Waals surface area contributed by atoms with E-state index >= 15 is 0 Å². The van der Waals surface area contributed by atoms with E-state index in [9.17, 15) is 9.90 Å². The molecule has 2 aromatic rings. The van der Waals surface area contributed by atoms with Crippen LogP contribution in [0.2, 0.25) is 0 Å². The molecular formula is C19H25N3O3. The van der Waals surface area contributed by atoms with E-state index in [1.165, 1.54) is 6.07 Å². The number of phenolic OH excluding ortho intramolecular Hbond substituents is 1. The van der Waals surface area contributed by atoms with Crippen molar-refractivity contribution in [3.63, 3.8) is 0 Å². The van der Waals surface area contributed by atoms with E-state index in [0.717, 1.165) is 49.8 Å². The van der Waals surface area contributed by atoms with Crippen LogP contribution in [0.4, 0.5) is 0 Å². The number of nitrogens with zero attached hydrogens (tertiary/aromatic N) is 2. The van der Waals surface area contributed by atoms with Crippen LogP contribution in [0, 0.1) is 19.8 Å². The average Bonchev–Trinajstić information content (AvgIpc) is 2.92. The summed E-state index contributed by atoms with van der Waals surface area (Å²) in [7, 11) is 0. The fourth-order valence-corrected chi connectivity index (χ4v) is 3.14. The summed E-state index contributed by atoms with van der Waals surface area (Å²) in [5, 5.41) is 12.7. The van der Waals surface area contributed by atoms with Crippen molar-refractivity contribution in [1.82, 2.24) is 15.2 Å². The number of aromatic hydroxyl groups is 1. The van der Waals surface area contributed by atoms with Crippen LogP contribution in [0.15, 0.2) is 28.7 Å². The van der Waals surface area contributed by atoms with Crippen molar-refractivity contribution in [1.29, 1.82) is 0 Å². The van der Waals surface area contributed by atoms with Crippen LogP contribution in [0.1, 0.15) is 40.5 Å². The minimum atomic E-state index is -0.216. The van der Waals surface area contributed by atoms with Gasteiger partial charge in [0.1, 0.15) is 11.5 Å². The molecule has 134 valence electrons. The average molecular weight is 343 g/mol. The van der Waals surface area contributed by atoms with Crippen molar-refractivity contribution in [3.8, 4) is 5.75 Å². The normalized spacial score (nSPS) is 16.1. The Morgan fingerprint density at radius 2 is 2.04 bits per heavy atom. The summed E-state index contributed by atoms with van der Waals surface area (Å²) >= 11 is 0. The number of phenols is 1. The molecule has 0 saturated carbocycles. The number of hydrogen-bond acceptors (Lipinski definition) is 5. The molecule has 0 bridgehead atoms. The Hall–Kier alpha value is -2.34. The van der Waals surface area contributed by atoms with E-state index in [4.69, 9.17) is 4.42 Å². The highest BCUT2D eigenvalue weighted by atomic mass is 16.4. The van der Waals surface area contributed by atoms with Crippen molar-refractivity contribution in [2.75, 3.05) is 19.6 Å². The lowest BCUT2D eigenvalue weighted by Crippen LogP contribution is -2.38. The largest absolute Gasteiger partial charge is 0.507 e. The molecule has 1 fully saturated rings. The van der Waals surface area contributed by atoms with Crippen molar-refractivity contribution in [2.24, 2.45) is 5.92 Å². The Morgan fingerprint density at radius 1 is 1.32 bits per heavy atom. The number of aryl methyl sites for hydroxylation is 2. The molecule has 3 rings (SSSR count). The van der Waals surface area contributed by atoms with Gasteiger partial charge in [-0.1, -0.05) is 12.1 Å². The smallest absolute Gasteiger partial charge is 0.255 e. The topological polar surface area (TPSA) is 78.6 Å². The number of carbonyl (C=O) groups is 1. The highest BCUT2D eigenvalue weighted by Crippen LogP contribution is 2.20. The minimum absolute atomic E-state index is 0.0198. The second-order valence-corrected chi connectivity index (χ2v) is 6.70. The third kappa shape index (κ3) is 4.39. The Bertz CT molecular complexity index is 714. The van der Waals surface area contributed by atoms with Gasteiger partial charge >= 0.3 is 0 Å². The zero-order valence-electron chi connectivity index (χ0n) is 14.8. The van der Waals surface area contributed by atoms with Crippen molar-refractivity contribution in [3.05, 3.63) is 47.2 Å². The lowest BCUT2D eigenvalue weighted by Gasteiger charge is -2.31. The van der Waals surface area contributed by atoms with Crippen LogP contribution < -0.4 is 5.32 Å². The number of benzene rings is 1. The number of aromatic nitrogens is 1. The molecule has 2 N–H and O–H groups in total. The summed E-state index contributed by atoms with van der Waals surface area (Å²) < 4.78 is 5.65. The van der Waals surface area contributed by atoms with Gasteiger partial charge in [-0.25, -0.2) is 4.98 Å². The number of piperidine rings is 1. The molecule has 1 aromatic heterocycles. The second kappa shape index (κ2) is 7.70. The lowest BCUT2D eigenvalue weighted by molar-refractivity contribution is 0.0931. The number of para-hydroxylation sites is 1. The first kappa shape index (κ1) is 17.5. The maximum Gasteiger partial charge on any atom is 0.255 e. The standard InChI is InChI=1S/C19H25N3O3/c1-13-14(2)25-18(21-13)12-22-9-7-15(8-10-22)11-20-19(24)16-5-3-4-6-17(16)23/h3-6,15,23H,7-12H2,1-2H3,(H,20,24). The zero-order chi connectivity index (χ0) is 17.8. The Labute approximate surface area is 147 Å². The molecule has 0 atom stereocenters. The van der Waals surface area contributed by atoms with E-state index in [1.807, 2.05) is 13.8 Å². The van der Waals surface area contributed by atoms with E-state index in [1.54, 1.807) is 18.2 Å². The first-order valence-electron chi connectivity index (χ1n) is 8.74. The molecule has 6 heteroatoms. The third-order valence-corrected chi connectivity index (χ3v) is 4.84. The van der Waals surface area contributed by atoms with Crippen molar-refractivity contribution < 1.29 is 14.3 Å². The van der Waals surface area contributed by atoms with Crippen LogP contribution in [0.3, 0.4) is 0 Å². The minimum Gasteiger partial charge on any atom is -0.507 e. The molecule has 0 unspecified atom stereocenters. The highest BCUT2D eigenvalue weighted by molar-refractivity contribution is 5.96. The number of nitrogens with one attached hydrogen (secondary N) is 1. The molecule has 2 heterocycles. The van der Waals surface area contributed by atoms with Gasteiger partial charge < -0.3 is 14.8 Å². The van der Waals surface area contributed by atoms with Crippen LogP contribution in [-0.2, 0) is 6.54 Å². The molecule has 1 aromatic carbocycles. The van der Waals surface area contributed by atoms with Gasteiger partial charge in [-0.3, -0.25) is 9.69 Å². The fraction of sp³-hybridized carbons (Fsp3) is 0.474. The predicted octanol–water partition coefficient (Wildman–Crippen LogP) is 2.64. The molecule has 0 radical (unpaired) electrons. The SMILES string of the molecule is Cc1nc(CN2CCC(CNC(=O)c3ccccc3O)CC2)oc1C. The maximum atomic E-state index is 12.1. The van der Waals surface area contributed by atoms with Crippen LogP contribution >= 0.6 is 0 Å². The predicted molar refractivity (Wildman–Crippen MR) is 94.4 cm³/mol. The first-order valence-corrected chi connectivity index (χ1v) is 8.74. The Balaban J connectivity index is 1.43. The third-order valence-electron chi connectivity index (χ3n) is 4.84. The van der Waals surface area contributed by atoms with E-state index in [0.29, 0.717) is 18.0 Å². The molecule has 0 spiro atoms. The summed E-state index contributed by atoms with van der Waals surface area (Å²) in [5.41, 5.74) is 1.28. The van der Waals surface area contributed by atoms with Gasteiger partial charge in [-0.05, 0) is 57.8 Å². The summed E-state index contributed by atoms with van der Waals surface area (Å²) in [6, 6.07) is 6.62. The molecule has 1 aliphatic rings. The van der Waals surface area contributed by atoms with Crippen LogP contribution in [0.25, 0.3) is 0 Å². The molecule has 6 nitrogen and oxygen atoms in total. The van der Waals surface area contributed by atoms with Gasteiger partial charge in [0.25, 0.3) is 5.91 Å². The Morgan fingerprint density at radius 3 is 2.68 bits per heavy atom. The van der Waals surface area contributed by atoms with Gasteiger partial charge in [-0.15, -0.1) is 0 Å². The van der Waals surface area contributed by atoms with E-state index in [2.05, 4.69) is 15.2 Å². The highest BCUT2D eigenvalue weighted by Gasteiger charge is 2.22. The number of carbonyl (C=O) groups excluding carboxylic acids is 1. The number of oxazole rings is 1. The Kier molecular flexibility index (Phi) is 5.38. The van der Waals surface area contributed by atoms with Gasteiger partial charge in [-0.2, -0.15) is 0 Å². The van der Waals surface area contributed by atoms with Gasteiger partial charge in [0.15, 0.2) is 0 Å². The van der Waals surface area contributed by atoms with Crippen molar-refractivity contribution >= 4 is 5.91 Å². The lowest BCUT2D eigenvalue weighted by atomic mass is 9.96. The molecular weight excluding hydrogens is 318 g/mol. The second-order valence-electron chi connectivity index (χ2n) is 6.70. The zero-order valence-corrected chi connectivity index (χ0v) is 14.8. The summed E-state index contributed by atoms with van der Waals surface area (Å²) in [4.78, 5) is 18.9. The fourth-order valence-electron chi connectivity index (χ4n) is 3.14. The summed E-state index contributed by atoms with van der Waals surface area (Å²) in [5.74, 6) is 1.93. The molecule has 1 aliphatic heterocycles. The van der Waals surface area contributed by atoms with Crippen LogP contribution in [-0.4, -0.2) is 40.5 Å². The molecule has 1 amide bonds. The molecule has 25 heavy (non-hydrogen) atoms. The van der Waals surface area contributed by atoms with Gasteiger partial charge in [0, 0.05) is 6.54 Å². The number of hydrogen-bond donors (Lipinski definition) is 2. The monoisotopic (exact) mass is 343 g/mol. The van der Waals surface area contributed by atoms with Crippen LogP contribution in [0.5, 0.6) is 5.75 Å². The number of rotatable bonds is 5. The van der Waals surface area contributed by atoms with Gasteiger partial charge in [0.05, 0.1) is 17.8 Å². The van der Waals surface area contributed by atoms with E-state index < -0.39 is 0 Å². The number of likely N-dealkylation sites (tertiary alicyclic amines) is 1. The molecule has 1 saturated heterocycles. The van der Waals surface area contributed by atoms with E-state index in [-0.39, 0.29) is 11.7 Å². The first-order chi connectivity index (χ1) is 12.0. The summed E-state index contributed by atoms with van der Waals surface area (Å²) in [6.45, 7) is 7.21. The summed E-state index contributed by atoms with van der Waals surface area (Å²) in [6.07, 6.45) is 2.06. The maximum absolute atomic E-state index is 12.1. The number of amides is 1. The van der Waals surface area contributed by atoms with Crippen molar-refractivity contribution in [2.45, 2.75) is 33.2 Å². The van der Waals surface area contributed by atoms with Gasteiger partial charge in [0.2, 0.25) is 5.89 Å². The molecule has 0 aliphatic carbocycles. The quantitative estimate of drug-likeness (QED) is 0.872.